The smallest absolute Gasteiger partial charge is 0.133 e. The van der Waals surface area contributed by atoms with Crippen LogP contribution in [0.4, 0.5) is 0 Å². The van der Waals surface area contributed by atoms with Crippen LogP contribution in [0, 0.1) is 11.3 Å². The average Bonchev–Trinajstić information content (AvgIpc) is 3.07. The topological polar surface area (TPSA) is 21.3 Å². The molecule has 2 unspecified atom stereocenters. The second-order valence-electron chi connectivity index (χ2n) is 6.77. The molecule has 1 N–H and O–H groups in total. The largest absolute Gasteiger partial charge is 0.492 e. The van der Waals surface area contributed by atoms with E-state index >= 15 is 0 Å². The molecule has 2 rings (SSSR count). The van der Waals surface area contributed by atoms with Crippen LogP contribution in [0.3, 0.4) is 0 Å². The van der Waals surface area contributed by atoms with E-state index in [2.05, 4.69) is 67.1 Å². The van der Waals surface area contributed by atoms with Crippen molar-refractivity contribution in [1.82, 2.24) is 5.32 Å². The predicted octanol–water partition coefficient (Wildman–Crippen LogP) is 5.32. The lowest BCUT2D eigenvalue weighted by atomic mass is 9.97. The SMILES string of the molecule is CCCNC(c1ccc(OCCC)c(Br)c1)C1CC1(C)C. The zero-order valence-corrected chi connectivity index (χ0v) is 15.3. The summed E-state index contributed by atoms with van der Waals surface area (Å²) in [5, 5.41) is 3.73. The van der Waals surface area contributed by atoms with E-state index in [9.17, 15) is 0 Å². The summed E-state index contributed by atoms with van der Waals surface area (Å²) < 4.78 is 6.82. The van der Waals surface area contributed by atoms with Crippen molar-refractivity contribution in [2.75, 3.05) is 13.2 Å². The summed E-state index contributed by atoms with van der Waals surface area (Å²) in [6.45, 7) is 10.9. The number of benzene rings is 1. The van der Waals surface area contributed by atoms with E-state index in [1.165, 1.54) is 18.4 Å². The molecule has 21 heavy (non-hydrogen) atoms. The standard InChI is InChI=1S/C18H28BrNO/c1-5-9-20-17(14-12-18(14,3)4)13-7-8-16(15(19)11-13)21-10-6-2/h7-8,11,14,17,20H,5-6,9-10,12H2,1-4H3. The van der Waals surface area contributed by atoms with Gasteiger partial charge in [0, 0.05) is 6.04 Å². The van der Waals surface area contributed by atoms with Gasteiger partial charge in [-0.1, -0.05) is 33.8 Å². The van der Waals surface area contributed by atoms with Crippen LogP contribution in [-0.2, 0) is 0 Å². The average molecular weight is 354 g/mol. The van der Waals surface area contributed by atoms with Crippen molar-refractivity contribution in [3.8, 4) is 5.75 Å². The van der Waals surface area contributed by atoms with Crippen LogP contribution in [0.25, 0.3) is 0 Å². The van der Waals surface area contributed by atoms with Gasteiger partial charge in [-0.3, -0.25) is 0 Å². The van der Waals surface area contributed by atoms with Crippen LogP contribution in [-0.4, -0.2) is 13.2 Å². The molecule has 1 saturated carbocycles. The summed E-state index contributed by atoms with van der Waals surface area (Å²) >= 11 is 3.66. The van der Waals surface area contributed by atoms with Crippen LogP contribution >= 0.6 is 15.9 Å². The Morgan fingerprint density at radius 3 is 2.57 bits per heavy atom. The van der Waals surface area contributed by atoms with Gasteiger partial charge < -0.3 is 10.1 Å². The molecule has 1 fully saturated rings. The van der Waals surface area contributed by atoms with Crippen LogP contribution < -0.4 is 10.1 Å². The fourth-order valence-electron chi connectivity index (χ4n) is 2.91. The third kappa shape index (κ3) is 4.23. The monoisotopic (exact) mass is 353 g/mol. The minimum atomic E-state index is 0.455. The number of halogens is 1. The molecule has 2 nitrogen and oxygen atoms in total. The minimum Gasteiger partial charge on any atom is -0.492 e. The van der Waals surface area contributed by atoms with Gasteiger partial charge in [0.1, 0.15) is 5.75 Å². The Morgan fingerprint density at radius 2 is 2.05 bits per heavy atom. The number of hydrogen-bond donors (Lipinski definition) is 1. The second-order valence-corrected chi connectivity index (χ2v) is 7.62. The summed E-state index contributed by atoms with van der Waals surface area (Å²) in [6.07, 6.45) is 3.51. The molecule has 0 heterocycles. The number of hydrogen-bond acceptors (Lipinski definition) is 2. The zero-order chi connectivity index (χ0) is 15.5. The Balaban J connectivity index is 2.14. The summed E-state index contributed by atoms with van der Waals surface area (Å²) in [7, 11) is 0. The van der Waals surface area contributed by atoms with Crippen molar-refractivity contribution in [2.24, 2.45) is 11.3 Å². The lowest BCUT2D eigenvalue weighted by Crippen LogP contribution is -2.25. The fourth-order valence-corrected chi connectivity index (χ4v) is 3.42. The first-order valence-corrected chi connectivity index (χ1v) is 8.94. The first kappa shape index (κ1) is 16.8. The van der Waals surface area contributed by atoms with Gasteiger partial charge in [-0.05, 0) is 70.8 Å². The number of ether oxygens (including phenoxy) is 1. The quantitative estimate of drug-likeness (QED) is 0.682. The van der Waals surface area contributed by atoms with Crippen molar-refractivity contribution >= 4 is 15.9 Å². The third-order valence-corrected chi connectivity index (χ3v) is 5.00. The van der Waals surface area contributed by atoms with Crippen molar-refractivity contribution in [1.29, 1.82) is 0 Å². The van der Waals surface area contributed by atoms with Gasteiger partial charge in [-0.25, -0.2) is 0 Å². The Kier molecular flexibility index (Phi) is 5.73. The molecule has 1 aromatic carbocycles. The maximum absolute atomic E-state index is 5.75. The summed E-state index contributed by atoms with van der Waals surface area (Å²) in [4.78, 5) is 0. The molecule has 0 aliphatic heterocycles. The molecule has 118 valence electrons. The normalized spacial score (nSPS) is 21.1. The van der Waals surface area contributed by atoms with Crippen LogP contribution in [0.1, 0.15) is 58.6 Å². The van der Waals surface area contributed by atoms with E-state index in [4.69, 9.17) is 4.74 Å². The van der Waals surface area contributed by atoms with Crippen molar-refractivity contribution in [3.63, 3.8) is 0 Å². The molecular weight excluding hydrogens is 326 g/mol. The van der Waals surface area contributed by atoms with Crippen LogP contribution in [0.5, 0.6) is 5.75 Å². The van der Waals surface area contributed by atoms with Gasteiger partial charge >= 0.3 is 0 Å². The molecule has 0 spiro atoms. The van der Waals surface area contributed by atoms with E-state index in [0.29, 0.717) is 11.5 Å². The highest BCUT2D eigenvalue weighted by Gasteiger charge is 2.50. The van der Waals surface area contributed by atoms with Gasteiger partial charge in [0.15, 0.2) is 0 Å². The van der Waals surface area contributed by atoms with E-state index in [1.807, 2.05) is 0 Å². The van der Waals surface area contributed by atoms with Crippen molar-refractivity contribution < 1.29 is 4.74 Å². The molecule has 0 amide bonds. The Morgan fingerprint density at radius 1 is 1.33 bits per heavy atom. The third-order valence-electron chi connectivity index (χ3n) is 4.38. The van der Waals surface area contributed by atoms with E-state index in [1.54, 1.807) is 0 Å². The first-order chi connectivity index (χ1) is 9.99. The maximum Gasteiger partial charge on any atom is 0.133 e. The van der Waals surface area contributed by atoms with Crippen LogP contribution in [0.2, 0.25) is 0 Å². The van der Waals surface area contributed by atoms with E-state index < -0.39 is 0 Å². The van der Waals surface area contributed by atoms with Crippen molar-refractivity contribution in [3.05, 3.63) is 28.2 Å². The fraction of sp³-hybridized carbons (Fsp3) is 0.667. The second kappa shape index (κ2) is 7.15. The Hall–Kier alpha value is -0.540. The van der Waals surface area contributed by atoms with Gasteiger partial charge in [-0.15, -0.1) is 0 Å². The highest BCUT2D eigenvalue weighted by molar-refractivity contribution is 9.10. The highest BCUT2D eigenvalue weighted by Crippen LogP contribution is 2.58. The molecular formula is C18H28BrNO. The minimum absolute atomic E-state index is 0.455. The summed E-state index contributed by atoms with van der Waals surface area (Å²) in [5.41, 5.74) is 1.84. The lowest BCUT2D eigenvalue weighted by Gasteiger charge is -2.22. The lowest BCUT2D eigenvalue weighted by molar-refractivity contribution is 0.315. The molecule has 2 atom stereocenters. The van der Waals surface area contributed by atoms with Crippen LogP contribution in [0.15, 0.2) is 22.7 Å². The summed E-state index contributed by atoms with van der Waals surface area (Å²) in [5.74, 6) is 1.68. The molecule has 1 aromatic rings. The summed E-state index contributed by atoms with van der Waals surface area (Å²) in [6, 6.07) is 7.01. The highest BCUT2D eigenvalue weighted by atomic mass is 79.9. The molecule has 0 bridgehead atoms. The van der Waals surface area contributed by atoms with E-state index in [-0.39, 0.29) is 0 Å². The molecule has 1 aliphatic rings. The van der Waals surface area contributed by atoms with Gasteiger partial charge in [-0.2, -0.15) is 0 Å². The van der Waals surface area contributed by atoms with Gasteiger partial charge in [0.05, 0.1) is 11.1 Å². The number of nitrogens with one attached hydrogen (secondary N) is 1. The van der Waals surface area contributed by atoms with Crippen molar-refractivity contribution in [2.45, 2.75) is 53.0 Å². The first-order valence-electron chi connectivity index (χ1n) is 8.15. The number of rotatable bonds is 8. The van der Waals surface area contributed by atoms with Gasteiger partial charge in [0.25, 0.3) is 0 Å². The molecule has 0 aromatic heterocycles. The molecule has 3 heteroatoms. The molecule has 0 saturated heterocycles. The Labute approximate surface area is 137 Å². The Bertz CT molecular complexity index is 472. The molecule has 0 radical (unpaired) electrons. The maximum atomic E-state index is 5.75. The van der Waals surface area contributed by atoms with E-state index in [0.717, 1.165) is 35.7 Å². The zero-order valence-electron chi connectivity index (χ0n) is 13.7. The van der Waals surface area contributed by atoms with Gasteiger partial charge in [0.2, 0.25) is 0 Å². The molecule has 1 aliphatic carbocycles. The predicted molar refractivity (Wildman–Crippen MR) is 92.9 cm³/mol.